The van der Waals surface area contributed by atoms with Gasteiger partial charge in [-0.15, -0.1) is 0 Å². The SMILES string of the molecule is C=C(C)/C(=N\C=N/C)C(F)(F)F. The summed E-state index contributed by atoms with van der Waals surface area (Å²) in [6, 6.07) is 0. The van der Waals surface area contributed by atoms with E-state index in [1.807, 2.05) is 0 Å². The van der Waals surface area contributed by atoms with Gasteiger partial charge in [0.25, 0.3) is 0 Å². The van der Waals surface area contributed by atoms with Gasteiger partial charge < -0.3 is 0 Å². The summed E-state index contributed by atoms with van der Waals surface area (Å²) in [5.74, 6) is 0. The van der Waals surface area contributed by atoms with Crippen molar-refractivity contribution in [2.24, 2.45) is 9.98 Å². The Bertz CT molecular complexity index is 225. The maximum Gasteiger partial charge on any atom is 0.433 e. The van der Waals surface area contributed by atoms with Crippen molar-refractivity contribution in [3.63, 3.8) is 0 Å². The van der Waals surface area contributed by atoms with Crippen molar-refractivity contribution < 1.29 is 13.2 Å². The number of alkyl halides is 3. The molecular weight excluding hydrogens is 169 g/mol. The Kier molecular flexibility index (Phi) is 3.66. The molecule has 5 heteroatoms. The Hall–Kier alpha value is -1.13. The van der Waals surface area contributed by atoms with Crippen molar-refractivity contribution >= 4 is 12.1 Å². The molecule has 0 radical (unpaired) electrons. The standard InChI is InChI=1S/C7H9F3N2/c1-5(2)6(7(8,9)10)12-4-11-3/h4H,1H2,2-3H3/b11-4-,12-6+. The molecule has 0 heterocycles. The summed E-state index contributed by atoms with van der Waals surface area (Å²) in [4.78, 5) is 6.43. The van der Waals surface area contributed by atoms with E-state index >= 15 is 0 Å². The third-order valence-electron chi connectivity index (χ3n) is 0.975. The van der Waals surface area contributed by atoms with Crippen LogP contribution >= 0.6 is 0 Å². The van der Waals surface area contributed by atoms with Gasteiger partial charge in [0.15, 0.2) is 0 Å². The Labute approximate surface area is 68.5 Å². The fourth-order valence-corrected chi connectivity index (χ4v) is 0.541. The minimum absolute atomic E-state index is 0.123. The largest absolute Gasteiger partial charge is 0.433 e. The van der Waals surface area contributed by atoms with Crippen LogP contribution in [0.25, 0.3) is 0 Å². The van der Waals surface area contributed by atoms with Gasteiger partial charge in [0, 0.05) is 7.05 Å². The summed E-state index contributed by atoms with van der Waals surface area (Å²) in [5, 5.41) is 0. The molecule has 0 atom stereocenters. The molecule has 0 aliphatic heterocycles. The first-order valence-electron chi connectivity index (χ1n) is 3.11. The molecule has 0 saturated carbocycles. The molecule has 2 nitrogen and oxygen atoms in total. The molecule has 0 aliphatic rings. The third kappa shape index (κ3) is 3.32. The minimum atomic E-state index is -4.45. The molecular formula is C7H9F3N2. The van der Waals surface area contributed by atoms with E-state index in [0.29, 0.717) is 0 Å². The van der Waals surface area contributed by atoms with E-state index in [2.05, 4.69) is 16.6 Å². The molecule has 0 unspecified atom stereocenters. The Balaban J connectivity index is 4.80. The first-order valence-corrected chi connectivity index (χ1v) is 3.11. The van der Waals surface area contributed by atoms with Crippen LogP contribution in [0.15, 0.2) is 22.1 Å². The third-order valence-corrected chi connectivity index (χ3v) is 0.975. The predicted molar refractivity (Wildman–Crippen MR) is 42.7 cm³/mol. The van der Waals surface area contributed by atoms with Crippen molar-refractivity contribution in [1.82, 2.24) is 0 Å². The van der Waals surface area contributed by atoms with E-state index in [9.17, 15) is 13.2 Å². The Morgan fingerprint density at radius 1 is 1.42 bits per heavy atom. The molecule has 0 aromatic rings. The van der Waals surface area contributed by atoms with Gasteiger partial charge in [-0.1, -0.05) is 6.58 Å². The van der Waals surface area contributed by atoms with Crippen molar-refractivity contribution in [2.75, 3.05) is 7.05 Å². The maximum absolute atomic E-state index is 12.0. The zero-order chi connectivity index (χ0) is 9.78. The number of hydrogen-bond acceptors (Lipinski definition) is 1. The van der Waals surface area contributed by atoms with Gasteiger partial charge in [0.05, 0.1) is 0 Å². The first kappa shape index (κ1) is 10.9. The maximum atomic E-state index is 12.0. The first-order chi connectivity index (χ1) is 5.39. The van der Waals surface area contributed by atoms with Crippen LogP contribution in [0.2, 0.25) is 0 Å². The van der Waals surface area contributed by atoms with Crippen molar-refractivity contribution in [2.45, 2.75) is 13.1 Å². The normalized spacial score (nSPS) is 13.9. The van der Waals surface area contributed by atoms with Gasteiger partial charge in [-0.05, 0) is 12.5 Å². The van der Waals surface area contributed by atoms with Crippen LogP contribution in [0.5, 0.6) is 0 Å². The predicted octanol–water partition coefficient (Wildman–Crippen LogP) is 2.22. The Morgan fingerprint density at radius 3 is 2.17 bits per heavy atom. The molecule has 0 aromatic heterocycles. The number of hydrogen-bond donors (Lipinski definition) is 0. The van der Waals surface area contributed by atoms with Crippen LogP contribution in [0.4, 0.5) is 13.2 Å². The fraction of sp³-hybridized carbons (Fsp3) is 0.429. The van der Waals surface area contributed by atoms with Crippen LogP contribution in [0.1, 0.15) is 6.92 Å². The lowest BCUT2D eigenvalue weighted by molar-refractivity contribution is -0.0580. The van der Waals surface area contributed by atoms with Crippen LogP contribution in [0.3, 0.4) is 0 Å². The number of rotatable bonds is 2. The van der Waals surface area contributed by atoms with Crippen LogP contribution in [-0.2, 0) is 0 Å². The molecule has 0 bridgehead atoms. The van der Waals surface area contributed by atoms with E-state index in [-0.39, 0.29) is 5.57 Å². The number of halogens is 3. The molecule has 0 fully saturated rings. The molecule has 0 rings (SSSR count). The molecule has 0 aliphatic carbocycles. The summed E-state index contributed by atoms with van der Waals surface area (Å²) in [7, 11) is 1.34. The zero-order valence-corrected chi connectivity index (χ0v) is 6.81. The van der Waals surface area contributed by atoms with E-state index < -0.39 is 11.9 Å². The highest BCUT2D eigenvalue weighted by Crippen LogP contribution is 2.20. The van der Waals surface area contributed by atoms with Gasteiger partial charge in [-0.25, -0.2) is 4.99 Å². The summed E-state index contributed by atoms with van der Waals surface area (Å²) >= 11 is 0. The van der Waals surface area contributed by atoms with Gasteiger partial charge in [0.2, 0.25) is 0 Å². The van der Waals surface area contributed by atoms with Crippen molar-refractivity contribution in [1.29, 1.82) is 0 Å². The highest BCUT2D eigenvalue weighted by atomic mass is 19.4. The average Bonchev–Trinajstić information content (AvgIpc) is 1.84. The monoisotopic (exact) mass is 178 g/mol. The molecule has 0 N–H and O–H groups in total. The summed E-state index contributed by atoms with van der Waals surface area (Å²) in [5.41, 5.74) is -1.12. The van der Waals surface area contributed by atoms with Crippen LogP contribution in [0, 0.1) is 0 Å². The molecule has 68 valence electrons. The summed E-state index contributed by atoms with van der Waals surface area (Å²) in [6.45, 7) is 4.41. The molecule has 12 heavy (non-hydrogen) atoms. The molecule has 0 amide bonds. The van der Waals surface area contributed by atoms with E-state index in [0.717, 1.165) is 6.34 Å². The summed E-state index contributed by atoms with van der Waals surface area (Å²) < 4.78 is 36.1. The average molecular weight is 178 g/mol. The van der Waals surface area contributed by atoms with Crippen molar-refractivity contribution in [3.05, 3.63) is 12.2 Å². The molecule has 0 spiro atoms. The van der Waals surface area contributed by atoms with Crippen LogP contribution in [-0.4, -0.2) is 25.3 Å². The Morgan fingerprint density at radius 2 is 1.92 bits per heavy atom. The van der Waals surface area contributed by atoms with Gasteiger partial charge in [-0.2, -0.15) is 13.2 Å². The van der Waals surface area contributed by atoms with Gasteiger partial charge in [-0.3, -0.25) is 4.99 Å². The summed E-state index contributed by atoms with van der Waals surface area (Å²) in [6.07, 6.45) is -3.61. The second kappa shape index (κ2) is 4.04. The number of nitrogens with zero attached hydrogens (tertiary/aromatic N) is 2. The topological polar surface area (TPSA) is 24.7 Å². The highest BCUT2D eigenvalue weighted by Gasteiger charge is 2.35. The van der Waals surface area contributed by atoms with Crippen molar-refractivity contribution in [3.8, 4) is 0 Å². The lowest BCUT2D eigenvalue weighted by Crippen LogP contribution is -2.23. The van der Waals surface area contributed by atoms with E-state index in [4.69, 9.17) is 0 Å². The van der Waals surface area contributed by atoms with Gasteiger partial charge in [0.1, 0.15) is 12.1 Å². The second-order valence-electron chi connectivity index (χ2n) is 2.13. The van der Waals surface area contributed by atoms with Gasteiger partial charge >= 0.3 is 6.18 Å². The smallest absolute Gasteiger partial charge is 0.277 e. The minimum Gasteiger partial charge on any atom is -0.277 e. The van der Waals surface area contributed by atoms with E-state index in [1.54, 1.807) is 0 Å². The molecule has 0 saturated heterocycles. The lowest BCUT2D eigenvalue weighted by atomic mass is 10.2. The quantitative estimate of drug-likeness (QED) is 0.457. The van der Waals surface area contributed by atoms with E-state index in [1.165, 1.54) is 14.0 Å². The fourth-order valence-electron chi connectivity index (χ4n) is 0.541. The number of aliphatic imine (C=N–C) groups is 2. The number of allylic oxidation sites excluding steroid dienone is 1. The second-order valence-corrected chi connectivity index (χ2v) is 2.13. The molecule has 0 aromatic carbocycles. The lowest BCUT2D eigenvalue weighted by Gasteiger charge is -2.07. The van der Waals surface area contributed by atoms with Crippen LogP contribution < -0.4 is 0 Å². The zero-order valence-electron chi connectivity index (χ0n) is 6.81. The highest BCUT2D eigenvalue weighted by molar-refractivity contribution is 6.06.